The molecule has 5 nitrogen and oxygen atoms in total. The normalized spacial score (nSPS) is 25.6. The van der Waals surface area contributed by atoms with E-state index in [2.05, 4.69) is 0 Å². The molecule has 5 heteroatoms. The number of Topliss-reactive ketones (excluding diaryl/α,β-unsaturated/α-hetero) is 1. The van der Waals surface area contributed by atoms with Crippen LogP contribution in [0.1, 0.15) is 48.5 Å². The van der Waals surface area contributed by atoms with Crippen LogP contribution >= 0.6 is 0 Å². The largest absolute Gasteiger partial charge is 0.508 e. The summed E-state index contributed by atoms with van der Waals surface area (Å²) in [7, 11) is 0. The van der Waals surface area contributed by atoms with Crippen molar-refractivity contribution in [3.05, 3.63) is 23.3 Å². The lowest BCUT2D eigenvalue weighted by atomic mass is 9.92. The van der Waals surface area contributed by atoms with Crippen LogP contribution in [-0.4, -0.2) is 29.1 Å². The van der Waals surface area contributed by atoms with Gasteiger partial charge in [-0.3, -0.25) is 9.59 Å². The Labute approximate surface area is 122 Å². The highest BCUT2D eigenvalue weighted by atomic mass is 16.5. The third-order valence-electron chi connectivity index (χ3n) is 3.96. The molecule has 2 atom stereocenters. The number of ether oxygens (including phenoxy) is 2. The standard InChI is InChI=1S/C16H18O5/c1-9-3-2-4-12-8-13(18)16-10(6-15(19)20-9)5-11(17)7-14(16)21-12/h5,7,9,12,17H,2-4,6,8H2,1H3/t9-,12+/m0/s1. The molecule has 0 saturated heterocycles. The van der Waals surface area contributed by atoms with E-state index in [9.17, 15) is 14.7 Å². The number of esters is 1. The average Bonchev–Trinajstić information content (AvgIpc) is 2.35. The van der Waals surface area contributed by atoms with Gasteiger partial charge in [-0.2, -0.15) is 0 Å². The van der Waals surface area contributed by atoms with Crippen LogP contribution < -0.4 is 4.74 Å². The molecule has 1 aromatic rings. The molecule has 3 heterocycles. The molecule has 3 aliphatic heterocycles. The van der Waals surface area contributed by atoms with Crippen molar-refractivity contribution in [1.29, 1.82) is 0 Å². The molecule has 3 aliphatic rings. The number of hydrogen-bond acceptors (Lipinski definition) is 5. The number of hydrogen-bond donors (Lipinski definition) is 1. The van der Waals surface area contributed by atoms with Crippen molar-refractivity contribution in [2.45, 2.75) is 51.2 Å². The van der Waals surface area contributed by atoms with E-state index in [4.69, 9.17) is 9.47 Å². The van der Waals surface area contributed by atoms with Crippen LogP contribution in [0.2, 0.25) is 0 Å². The van der Waals surface area contributed by atoms with Crippen LogP contribution in [-0.2, 0) is 16.0 Å². The van der Waals surface area contributed by atoms with E-state index < -0.39 is 0 Å². The van der Waals surface area contributed by atoms with Crippen LogP contribution in [0, 0.1) is 0 Å². The molecule has 0 aliphatic carbocycles. The summed E-state index contributed by atoms with van der Waals surface area (Å²) in [6, 6.07) is 2.89. The third kappa shape index (κ3) is 2.86. The molecule has 4 bridgehead atoms. The van der Waals surface area contributed by atoms with Crippen molar-refractivity contribution >= 4 is 11.8 Å². The molecule has 1 aromatic carbocycles. The highest BCUT2D eigenvalue weighted by molar-refractivity contribution is 6.02. The summed E-state index contributed by atoms with van der Waals surface area (Å²) >= 11 is 0. The second-order valence-corrected chi connectivity index (χ2v) is 5.75. The third-order valence-corrected chi connectivity index (χ3v) is 3.96. The number of carbonyl (C=O) groups excluding carboxylic acids is 2. The SMILES string of the molecule is C[C@H]1CCC[C@@H]2CC(=O)c3c(cc(O)cc3O2)CC(=O)O1. The van der Waals surface area contributed by atoms with Gasteiger partial charge in [0.1, 0.15) is 17.6 Å². The molecule has 0 amide bonds. The fourth-order valence-corrected chi connectivity index (χ4v) is 3.01. The van der Waals surface area contributed by atoms with Gasteiger partial charge in [-0.25, -0.2) is 0 Å². The van der Waals surface area contributed by atoms with Crippen molar-refractivity contribution < 1.29 is 24.2 Å². The first-order chi connectivity index (χ1) is 10.0. The van der Waals surface area contributed by atoms with E-state index >= 15 is 0 Å². The molecular weight excluding hydrogens is 272 g/mol. The molecule has 0 unspecified atom stereocenters. The van der Waals surface area contributed by atoms with E-state index in [0.29, 0.717) is 23.3 Å². The Morgan fingerprint density at radius 2 is 2.00 bits per heavy atom. The molecule has 1 N–H and O–H groups in total. The predicted molar refractivity (Wildman–Crippen MR) is 74.6 cm³/mol. The zero-order valence-corrected chi connectivity index (χ0v) is 11.9. The first-order valence-corrected chi connectivity index (χ1v) is 7.28. The second-order valence-electron chi connectivity index (χ2n) is 5.75. The zero-order valence-electron chi connectivity index (χ0n) is 11.9. The van der Waals surface area contributed by atoms with Gasteiger partial charge in [0.15, 0.2) is 5.78 Å². The Balaban J connectivity index is 2.04. The summed E-state index contributed by atoms with van der Waals surface area (Å²) in [4.78, 5) is 24.3. The number of ketones is 1. The highest BCUT2D eigenvalue weighted by Crippen LogP contribution is 2.36. The van der Waals surface area contributed by atoms with Crippen LogP contribution in [0.3, 0.4) is 0 Å². The Kier molecular flexibility index (Phi) is 3.57. The lowest BCUT2D eigenvalue weighted by Gasteiger charge is -2.28. The number of benzene rings is 1. The van der Waals surface area contributed by atoms with Crippen molar-refractivity contribution in [2.75, 3.05) is 0 Å². The van der Waals surface area contributed by atoms with Crippen molar-refractivity contribution in [1.82, 2.24) is 0 Å². The maximum Gasteiger partial charge on any atom is 0.310 e. The van der Waals surface area contributed by atoms with Crippen molar-refractivity contribution in [3.63, 3.8) is 0 Å². The number of phenolic OH excluding ortho intramolecular Hbond substituents is 1. The number of aromatic hydroxyl groups is 1. The number of phenols is 1. The van der Waals surface area contributed by atoms with Crippen molar-refractivity contribution in [3.8, 4) is 11.5 Å². The molecule has 4 rings (SSSR count). The molecule has 0 radical (unpaired) electrons. The minimum atomic E-state index is -0.384. The fraction of sp³-hybridized carbons (Fsp3) is 0.500. The molecular formula is C16H18O5. The average molecular weight is 290 g/mol. The molecule has 0 saturated carbocycles. The van der Waals surface area contributed by atoms with Crippen LogP contribution in [0.15, 0.2) is 12.1 Å². The minimum Gasteiger partial charge on any atom is -0.508 e. The predicted octanol–water partition coefficient (Wildman–Crippen LogP) is 2.38. The molecule has 0 aromatic heterocycles. The summed E-state index contributed by atoms with van der Waals surface area (Å²) < 4.78 is 11.2. The Morgan fingerprint density at radius 1 is 1.19 bits per heavy atom. The lowest BCUT2D eigenvalue weighted by Crippen LogP contribution is -2.29. The van der Waals surface area contributed by atoms with Gasteiger partial charge in [-0.15, -0.1) is 0 Å². The Bertz CT molecular complexity index is 593. The van der Waals surface area contributed by atoms with E-state index in [1.165, 1.54) is 12.1 Å². The summed E-state index contributed by atoms with van der Waals surface area (Å²) in [6.45, 7) is 1.87. The maximum atomic E-state index is 12.3. The topological polar surface area (TPSA) is 72.8 Å². The summed E-state index contributed by atoms with van der Waals surface area (Å²) in [5.41, 5.74) is 0.889. The first-order valence-electron chi connectivity index (χ1n) is 7.28. The van der Waals surface area contributed by atoms with Gasteiger partial charge in [0.25, 0.3) is 0 Å². The van der Waals surface area contributed by atoms with Gasteiger partial charge in [0, 0.05) is 12.5 Å². The Hall–Kier alpha value is -2.04. The molecule has 0 spiro atoms. The summed E-state index contributed by atoms with van der Waals surface area (Å²) in [6.07, 6.45) is 2.31. The monoisotopic (exact) mass is 290 g/mol. The first kappa shape index (κ1) is 13.9. The fourth-order valence-electron chi connectivity index (χ4n) is 3.01. The summed E-state index contributed by atoms with van der Waals surface area (Å²) in [5, 5.41) is 9.78. The summed E-state index contributed by atoms with van der Waals surface area (Å²) in [5.74, 6) is -0.0359. The van der Waals surface area contributed by atoms with Gasteiger partial charge in [-0.1, -0.05) is 0 Å². The molecule has 112 valence electrons. The minimum absolute atomic E-state index is 0.00453. The van der Waals surface area contributed by atoms with Gasteiger partial charge >= 0.3 is 5.97 Å². The van der Waals surface area contributed by atoms with E-state index in [0.717, 1.165) is 19.3 Å². The van der Waals surface area contributed by atoms with Gasteiger partial charge in [0.05, 0.1) is 18.1 Å². The van der Waals surface area contributed by atoms with Gasteiger partial charge < -0.3 is 14.6 Å². The van der Waals surface area contributed by atoms with Crippen LogP contribution in [0.5, 0.6) is 11.5 Å². The van der Waals surface area contributed by atoms with Gasteiger partial charge in [-0.05, 0) is 37.8 Å². The molecule has 0 fully saturated rings. The smallest absolute Gasteiger partial charge is 0.310 e. The number of rotatable bonds is 0. The zero-order chi connectivity index (χ0) is 15.0. The molecule has 21 heavy (non-hydrogen) atoms. The Morgan fingerprint density at radius 3 is 2.81 bits per heavy atom. The van der Waals surface area contributed by atoms with E-state index in [1.54, 1.807) is 0 Å². The quantitative estimate of drug-likeness (QED) is 0.743. The van der Waals surface area contributed by atoms with E-state index in [-0.39, 0.29) is 36.1 Å². The van der Waals surface area contributed by atoms with Crippen molar-refractivity contribution in [2.24, 2.45) is 0 Å². The van der Waals surface area contributed by atoms with Gasteiger partial charge in [0.2, 0.25) is 0 Å². The van der Waals surface area contributed by atoms with Crippen LogP contribution in [0.25, 0.3) is 0 Å². The highest BCUT2D eigenvalue weighted by Gasteiger charge is 2.31. The second kappa shape index (κ2) is 5.39. The number of fused-ring (bicyclic) bond motifs is 7. The number of carbonyl (C=O) groups is 2. The maximum absolute atomic E-state index is 12.3. The van der Waals surface area contributed by atoms with E-state index in [1.807, 2.05) is 6.92 Å². The lowest BCUT2D eigenvalue weighted by molar-refractivity contribution is -0.147. The van der Waals surface area contributed by atoms with Crippen LogP contribution in [0.4, 0.5) is 0 Å².